The zero-order chi connectivity index (χ0) is 20.9. The van der Waals surface area contributed by atoms with Crippen molar-refractivity contribution in [2.75, 3.05) is 18.0 Å². The average molecular weight is 402 g/mol. The third-order valence-corrected chi connectivity index (χ3v) is 5.26. The number of benzene rings is 1. The van der Waals surface area contributed by atoms with E-state index in [0.717, 1.165) is 54.3 Å². The number of ether oxygens (including phenoxy) is 1. The van der Waals surface area contributed by atoms with E-state index in [1.165, 1.54) is 5.57 Å². The summed E-state index contributed by atoms with van der Waals surface area (Å²) in [7, 11) is 0. The number of nitrogens with zero attached hydrogens (tertiary/aromatic N) is 5. The molecule has 0 radical (unpaired) electrons. The number of aryl methyl sites for hydroxylation is 1. The van der Waals surface area contributed by atoms with Crippen molar-refractivity contribution >= 4 is 11.9 Å². The summed E-state index contributed by atoms with van der Waals surface area (Å²) in [4.78, 5) is 11.2. The molecule has 1 aromatic carbocycles. The van der Waals surface area contributed by atoms with E-state index < -0.39 is 0 Å². The maximum absolute atomic E-state index is 5.95. The number of piperidine rings is 1. The van der Waals surface area contributed by atoms with Gasteiger partial charge in [-0.3, -0.25) is 0 Å². The van der Waals surface area contributed by atoms with Crippen LogP contribution in [0.4, 0.5) is 5.82 Å². The molecule has 6 heteroatoms. The Hall–Kier alpha value is -3.28. The van der Waals surface area contributed by atoms with Gasteiger partial charge in [0.15, 0.2) is 5.82 Å². The van der Waals surface area contributed by atoms with Gasteiger partial charge < -0.3 is 9.64 Å². The molecule has 0 spiro atoms. The molecule has 2 aromatic heterocycles. The summed E-state index contributed by atoms with van der Waals surface area (Å²) in [5.41, 5.74) is 4.67. The Kier molecular flexibility index (Phi) is 6.02. The van der Waals surface area contributed by atoms with Gasteiger partial charge in [-0.1, -0.05) is 37.6 Å². The smallest absolute Gasteiger partial charge is 0.322 e. The Morgan fingerprint density at radius 3 is 2.67 bits per heavy atom. The lowest BCUT2D eigenvalue weighted by Crippen LogP contribution is -2.31. The van der Waals surface area contributed by atoms with E-state index in [1.54, 1.807) is 6.20 Å². The molecule has 3 aromatic rings. The van der Waals surface area contributed by atoms with Gasteiger partial charge in [0.25, 0.3) is 0 Å². The number of hydrogen-bond acceptors (Lipinski definition) is 6. The lowest BCUT2D eigenvalue weighted by molar-refractivity contribution is 0.437. The van der Waals surface area contributed by atoms with Crippen LogP contribution in [0, 0.1) is 6.92 Å². The van der Waals surface area contributed by atoms with Crippen LogP contribution >= 0.6 is 0 Å². The van der Waals surface area contributed by atoms with E-state index >= 15 is 0 Å². The standard InChI is InChI=1S/C24H27N5O/c1-17(2)23-18(3)16-25-24(27-23)30-21-7-4-6-20(15-21)14-19-9-12-29(13-10-19)22-8-5-11-26-28-22/h4-8,11,14-17H,9-10,12-13H2,1-3H3. The fourth-order valence-corrected chi connectivity index (χ4v) is 3.71. The number of anilines is 1. The quantitative estimate of drug-likeness (QED) is 0.587. The van der Waals surface area contributed by atoms with Crippen LogP contribution in [0.3, 0.4) is 0 Å². The van der Waals surface area contributed by atoms with Crippen molar-refractivity contribution in [1.29, 1.82) is 0 Å². The minimum absolute atomic E-state index is 0.333. The number of hydrogen-bond donors (Lipinski definition) is 0. The second-order valence-corrected chi connectivity index (χ2v) is 7.92. The van der Waals surface area contributed by atoms with E-state index in [9.17, 15) is 0 Å². The third-order valence-electron chi connectivity index (χ3n) is 5.26. The van der Waals surface area contributed by atoms with E-state index in [2.05, 4.69) is 51.1 Å². The van der Waals surface area contributed by atoms with Gasteiger partial charge in [0.1, 0.15) is 5.75 Å². The minimum atomic E-state index is 0.333. The molecule has 1 fully saturated rings. The fraction of sp³-hybridized carbons (Fsp3) is 0.333. The molecule has 4 rings (SSSR count). The summed E-state index contributed by atoms with van der Waals surface area (Å²) in [6.07, 6.45) is 7.82. The lowest BCUT2D eigenvalue weighted by Gasteiger charge is -2.29. The van der Waals surface area contributed by atoms with Crippen molar-refractivity contribution in [3.8, 4) is 11.8 Å². The van der Waals surface area contributed by atoms with E-state index in [4.69, 9.17) is 4.74 Å². The van der Waals surface area contributed by atoms with Crippen molar-refractivity contribution in [3.63, 3.8) is 0 Å². The van der Waals surface area contributed by atoms with Crippen LogP contribution in [-0.4, -0.2) is 33.3 Å². The largest absolute Gasteiger partial charge is 0.424 e. The molecule has 30 heavy (non-hydrogen) atoms. The van der Waals surface area contributed by atoms with E-state index in [1.807, 2.05) is 43.5 Å². The zero-order valence-electron chi connectivity index (χ0n) is 17.7. The Morgan fingerprint density at radius 2 is 1.93 bits per heavy atom. The predicted molar refractivity (Wildman–Crippen MR) is 119 cm³/mol. The highest BCUT2D eigenvalue weighted by Crippen LogP contribution is 2.26. The summed E-state index contributed by atoms with van der Waals surface area (Å²) in [6, 6.07) is 12.4. The molecule has 0 bridgehead atoms. The Labute approximate surface area is 177 Å². The molecule has 0 atom stereocenters. The lowest BCUT2D eigenvalue weighted by atomic mass is 10.0. The molecule has 0 unspecified atom stereocenters. The first-order valence-electron chi connectivity index (χ1n) is 10.4. The molecule has 1 aliphatic heterocycles. The molecule has 1 saturated heterocycles. The SMILES string of the molecule is Cc1cnc(Oc2cccc(C=C3CCN(c4cccnn4)CC3)c2)nc1C(C)C. The highest BCUT2D eigenvalue weighted by atomic mass is 16.5. The van der Waals surface area contributed by atoms with Crippen LogP contribution in [-0.2, 0) is 0 Å². The van der Waals surface area contributed by atoms with Crippen molar-refractivity contribution < 1.29 is 4.74 Å². The van der Waals surface area contributed by atoms with E-state index in [0.29, 0.717) is 11.9 Å². The molecule has 1 aliphatic rings. The molecule has 0 amide bonds. The monoisotopic (exact) mass is 401 g/mol. The van der Waals surface area contributed by atoms with Crippen molar-refractivity contribution in [2.45, 2.75) is 39.5 Å². The molecule has 6 nitrogen and oxygen atoms in total. The van der Waals surface area contributed by atoms with Crippen molar-refractivity contribution in [3.05, 3.63) is 71.2 Å². The van der Waals surface area contributed by atoms with E-state index in [-0.39, 0.29) is 0 Å². The van der Waals surface area contributed by atoms with Gasteiger partial charge in [-0.15, -0.1) is 5.10 Å². The first kappa shape index (κ1) is 20.0. The van der Waals surface area contributed by atoms with Crippen LogP contribution in [0.5, 0.6) is 11.8 Å². The van der Waals surface area contributed by atoms with Crippen LogP contribution in [0.15, 0.2) is 54.4 Å². The molecule has 3 heterocycles. The maximum Gasteiger partial charge on any atom is 0.322 e. The summed E-state index contributed by atoms with van der Waals surface area (Å²) < 4.78 is 5.95. The Morgan fingerprint density at radius 1 is 1.10 bits per heavy atom. The average Bonchev–Trinajstić information content (AvgIpc) is 2.76. The second-order valence-electron chi connectivity index (χ2n) is 7.92. The molecule has 154 valence electrons. The Bertz CT molecular complexity index is 1020. The molecular formula is C24H27N5O. The highest BCUT2D eigenvalue weighted by molar-refractivity contribution is 5.56. The molecule has 0 saturated carbocycles. The highest BCUT2D eigenvalue weighted by Gasteiger charge is 2.15. The van der Waals surface area contributed by atoms with Gasteiger partial charge in [0.2, 0.25) is 0 Å². The normalized spacial score (nSPS) is 14.1. The fourth-order valence-electron chi connectivity index (χ4n) is 3.71. The molecule has 0 N–H and O–H groups in total. The predicted octanol–water partition coefficient (Wildman–Crippen LogP) is 5.17. The Balaban J connectivity index is 1.43. The summed E-state index contributed by atoms with van der Waals surface area (Å²) in [6.45, 7) is 8.19. The minimum Gasteiger partial charge on any atom is -0.424 e. The summed E-state index contributed by atoms with van der Waals surface area (Å²) in [5, 5.41) is 8.19. The van der Waals surface area contributed by atoms with Crippen LogP contribution in [0.25, 0.3) is 6.08 Å². The van der Waals surface area contributed by atoms with Crippen molar-refractivity contribution in [2.24, 2.45) is 0 Å². The molecule has 0 aliphatic carbocycles. The first-order chi connectivity index (χ1) is 14.6. The van der Waals surface area contributed by atoms with Gasteiger partial charge in [-0.05, 0) is 61.1 Å². The number of rotatable bonds is 5. The van der Waals surface area contributed by atoms with Gasteiger partial charge in [-0.2, -0.15) is 10.1 Å². The number of aromatic nitrogens is 4. The summed E-state index contributed by atoms with van der Waals surface area (Å²) in [5.74, 6) is 2.03. The summed E-state index contributed by atoms with van der Waals surface area (Å²) >= 11 is 0. The van der Waals surface area contributed by atoms with Crippen molar-refractivity contribution in [1.82, 2.24) is 20.2 Å². The van der Waals surface area contributed by atoms with Gasteiger partial charge in [-0.25, -0.2) is 4.98 Å². The van der Waals surface area contributed by atoms with Gasteiger partial charge in [0, 0.05) is 25.5 Å². The first-order valence-corrected chi connectivity index (χ1v) is 10.4. The van der Waals surface area contributed by atoms with Crippen LogP contribution in [0.2, 0.25) is 0 Å². The zero-order valence-corrected chi connectivity index (χ0v) is 17.7. The maximum atomic E-state index is 5.95. The van der Waals surface area contributed by atoms with Gasteiger partial charge in [0.05, 0.1) is 5.69 Å². The van der Waals surface area contributed by atoms with Crippen LogP contribution < -0.4 is 9.64 Å². The third kappa shape index (κ3) is 4.82. The van der Waals surface area contributed by atoms with Crippen LogP contribution in [0.1, 0.15) is 49.4 Å². The molecular weight excluding hydrogens is 374 g/mol. The van der Waals surface area contributed by atoms with Gasteiger partial charge >= 0.3 is 6.01 Å². The topological polar surface area (TPSA) is 64.0 Å². The second kappa shape index (κ2) is 9.03.